The molecule has 6 rings (SSSR count). The second kappa shape index (κ2) is 10.6. The van der Waals surface area contributed by atoms with Gasteiger partial charge in [0.25, 0.3) is 11.3 Å². The van der Waals surface area contributed by atoms with Crippen LogP contribution in [0.5, 0.6) is 0 Å². The molecule has 5 aromatic rings. The second-order valence-electron chi connectivity index (χ2n) is 9.30. The van der Waals surface area contributed by atoms with E-state index in [1.54, 1.807) is 0 Å². The number of aromatic nitrogens is 1. The third-order valence-electron chi connectivity index (χ3n) is 6.97. The SMILES string of the molecule is C(=Cc1nc([P+](c2ccccc2)(c2ccccc2)c2ccccc2)c(N2CCCC2)o1)c1ccccc1. The lowest BCUT2D eigenvalue weighted by molar-refractivity contribution is 0.539. The minimum Gasteiger partial charge on any atom is -0.417 e. The molecule has 0 spiro atoms. The van der Waals surface area contributed by atoms with Crippen LogP contribution in [0.25, 0.3) is 12.2 Å². The maximum absolute atomic E-state index is 6.65. The largest absolute Gasteiger partial charge is 0.417 e. The zero-order valence-corrected chi connectivity index (χ0v) is 21.7. The van der Waals surface area contributed by atoms with Crippen LogP contribution in [-0.2, 0) is 0 Å². The van der Waals surface area contributed by atoms with Gasteiger partial charge in [0.15, 0.2) is 7.26 Å². The third-order valence-corrected chi connectivity index (χ3v) is 11.1. The number of hydrogen-bond acceptors (Lipinski definition) is 3. The Kier molecular flexibility index (Phi) is 6.71. The van der Waals surface area contributed by atoms with E-state index in [9.17, 15) is 0 Å². The summed E-state index contributed by atoms with van der Waals surface area (Å²) in [6.07, 6.45) is 6.43. The molecule has 37 heavy (non-hydrogen) atoms. The molecule has 0 bridgehead atoms. The van der Waals surface area contributed by atoms with Crippen molar-refractivity contribution in [1.82, 2.24) is 4.98 Å². The quantitative estimate of drug-likeness (QED) is 0.254. The highest BCUT2D eigenvalue weighted by Crippen LogP contribution is 2.56. The van der Waals surface area contributed by atoms with Gasteiger partial charge < -0.3 is 9.32 Å². The summed E-state index contributed by atoms with van der Waals surface area (Å²) < 4.78 is 6.65. The normalized spacial score (nSPS) is 13.9. The van der Waals surface area contributed by atoms with Gasteiger partial charge in [0.1, 0.15) is 15.9 Å². The van der Waals surface area contributed by atoms with E-state index in [2.05, 4.69) is 114 Å². The average Bonchev–Trinajstić information content (AvgIpc) is 3.66. The Morgan fingerprint density at radius 1 is 0.595 bits per heavy atom. The van der Waals surface area contributed by atoms with Gasteiger partial charge >= 0.3 is 0 Å². The molecule has 0 atom stereocenters. The van der Waals surface area contributed by atoms with Crippen molar-refractivity contribution in [2.75, 3.05) is 18.0 Å². The van der Waals surface area contributed by atoms with E-state index in [1.165, 1.54) is 28.8 Å². The van der Waals surface area contributed by atoms with Gasteiger partial charge in [0.05, 0.1) is 0 Å². The van der Waals surface area contributed by atoms with Crippen LogP contribution in [0, 0.1) is 0 Å². The zero-order valence-electron chi connectivity index (χ0n) is 20.8. The predicted molar refractivity (Wildman–Crippen MR) is 158 cm³/mol. The lowest BCUT2D eigenvalue weighted by atomic mass is 10.2. The summed E-state index contributed by atoms with van der Waals surface area (Å²) in [5.74, 6) is 1.56. The van der Waals surface area contributed by atoms with Gasteiger partial charge in [0.2, 0.25) is 5.89 Å². The van der Waals surface area contributed by atoms with Gasteiger partial charge in [-0.05, 0) is 60.9 Å². The van der Waals surface area contributed by atoms with Gasteiger partial charge in [0, 0.05) is 19.2 Å². The number of oxazole rings is 1. The summed E-state index contributed by atoms with van der Waals surface area (Å²) in [5, 5.41) is 3.83. The van der Waals surface area contributed by atoms with E-state index in [1.807, 2.05) is 24.3 Å². The molecule has 3 nitrogen and oxygen atoms in total. The average molecular weight is 502 g/mol. The van der Waals surface area contributed by atoms with Crippen molar-refractivity contribution in [1.29, 1.82) is 0 Å². The molecule has 0 amide bonds. The van der Waals surface area contributed by atoms with E-state index in [4.69, 9.17) is 9.40 Å². The molecule has 1 aliphatic rings. The molecule has 4 aromatic carbocycles. The minimum atomic E-state index is -2.35. The zero-order chi connectivity index (χ0) is 24.9. The molecule has 1 aliphatic heterocycles. The van der Waals surface area contributed by atoms with Gasteiger partial charge in [-0.3, -0.25) is 0 Å². The van der Waals surface area contributed by atoms with Crippen LogP contribution in [0.3, 0.4) is 0 Å². The smallest absolute Gasteiger partial charge is 0.262 e. The van der Waals surface area contributed by atoms with E-state index in [-0.39, 0.29) is 0 Å². The number of hydrogen-bond donors (Lipinski definition) is 0. The van der Waals surface area contributed by atoms with E-state index in [0.29, 0.717) is 5.89 Å². The topological polar surface area (TPSA) is 29.3 Å². The van der Waals surface area contributed by atoms with E-state index < -0.39 is 7.26 Å². The monoisotopic (exact) mass is 501 g/mol. The van der Waals surface area contributed by atoms with Crippen molar-refractivity contribution in [3.05, 3.63) is 133 Å². The minimum absolute atomic E-state index is 0.646. The summed E-state index contributed by atoms with van der Waals surface area (Å²) >= 11 is 0. The van der Waals surface area contributed by atoms with Crippen LogP contribution in [0.1, 0.15) is 24.3 Å². The summed E-state index contributed by atoms with van der Waals surface area (Å²) in [6, 6.07) is 43.0. The fraction of sp³-hybridized carbons (Fsp3) is 0.121. The fourth-order valence-corrected chi connectivity index (χ4v) is 9.44. The first-order valence-corrected chi connectivity index (χ1v) is 14.7. The van der Waals surface area contributed by atoms with Crippen molar-refractivity contribution in [2.24, 2.45) is 0 Å². The van der Waals surface area contributed by atoms with Crippen molar-refractivity contribution in [3.63, 3.8) is 0 Å². The Morgan fingerprint density at radius 3 is 1.54 bits per heavy atom. The molecule has 1 saturated heterocycles. The summed E-state index contributed by atoms with van der Waals surface area (Å²) in [4.78, 5) is 7.72. The molecule has 0 saturated carbocycles. The number of benzene rings is 4. The van der Waals surface area contributed by atoms with Gasteiger partial charge in [-0.1, -0.05) is 84.9 Å². The molecule has 0 aliphatic carbocycles. The van der Waals surface area contributed by atoms with Crippen LogP contribution in [-0.4, -0.2) is 18.1 Å². The molecule has 0 unspecified atom stereocenters. The molecule has 0 N–H and O–H groups in total. The standard InChI is InChI=1S/C33H30N2OP/c1-5-15-27(16-6-1)23-24-31-34-32(33(36-31)35-25-13-14-26-35)37(28-17-7-2-8-18-28,29-19-9-3-10-20-29)30-21-11-4-12-22-30/h1-12,15-24H,13-14,25-26H2/q+1. The van der Waals surface area contributed by atoms with Crippen molar-refractivity contribution >= 4 is 46.6 Å². The van der Waals surface area contributed by atoms with Crippen molar-refractivity contribution < 1.29 is 4.42 Å². The molecule has 0 radical (unpaired) electrons. The van der Waals surface area contributed by atoms with Gasteiger partial charge in [-0.2, -0.15) is 4.98 Å². The van der Waals surface area contributed by atoms with Gasteiger partial charge in [-0.15, -0.1) is 0 Å². The Morgan fingerprint density at radius 2 is 1.05 bits per heavy atom. The molecule has 1 aromatic heterocycles. The first kappa shape index (κ1) is 23.5. The van der Waals surface area contributed by atoms with Crippen molar-refractivity contribution in [2.45, 2.75) is 12.8 Å². The summed E-state index contributed by atoms with van der Waals surface area (Å²) in [7, 11) is -2.35. The number of rotatable bonds is 7. The molecule has 1 fully saturated rings. The lowest BCUT2D eigenvalue weighted by Gasteiger charge is -2.27. The molecule has 182 valence electrons. The van der Waals surface area contributed by atoms with Crippen LogP contribution >= 0.6 is 7.26 Å². The Hall–Kier alpha value is -3.94. The highest BCUT2D eigenvalue weighted by molar-refractivity contribution is 8.01. The molecule has 4 heteroatoms. The van der Waals surface area contributed by atoms with Crippen molar-refractivity contribution in [3.8, 4) is 0 Å². The van der Waals surface area contributed by atoms with Gasteiger partial charge in [-0.25, -0.2) is 0 Å². The predicted octanol–water partition coefficient (Wildman–Crippen LogP) is 6.06. The highest BCUT2D eigenvalue weighted by Gasteiger charge is 2.53. The Bertz CT molecular complexity index is 1360. The third kappa shape index (κ3) is 4.52. The van der Waals surface area contributed by atoms with Crippen LogP contribution in [0.4, 0.5) is 5.88 Å². The molecule has 2 heterocycles. The van der Waals surface area contributed by atoms with E-state index in [0.717, 1.165) is 30.0 Å². The van der Waals surface area contributed by atoms with Crippen LogP contribution in [0.15, 0.2) is 126 Å². The first-order chi connectivity index (χ1) is 18.4. The summed E-state index contributed by atoms with van der Waals surface area (Å²) in [6.45, 7) is 1.98. The molecular weight excluding hydrogens is 471 g/mol. The number of anilines is 1. The maximum Gasteiger partial charge on any atom is 0.262 e. The second-order valence-corrected chi connectivity index (χ2v) is 12.6. The number of nitrogens with zero attached hydrogens (tertiary/aromatic N) is 2. The lowest BCUT2D eigenvalue weighted by Crippen LogP contribution is -2.41. The Balaban J connectivity index is 1.64. The molecular formula is C33H30N2OP+. The van der Waals surface area contributed by atoms with Crippen LogP contribution < -0.4 is 26.2 Å². The highest BCUT2D eigenvalue weighted by atomic mass is 31.2. The first-order valence-electron chi connectivity index (χ1n) is 12.9. The van der Waals surface area contributed by atoms with Crippen LogP contribution in [0.2, 0.25) is 0 Å². The summed E-state index contributed by atoms with van der Waals surface area (Å²) in [5.41, 5.74) is 2.17. The Labute approximate surface area is 219 Å². The fourth-order valence-electron chi connectivity index (χ4n) is 5.24. The van der Waals surface area contributed by atoms with E-state index >= 15 is 0 Å². The maximum atomic E-state index is 6.65.